The third-order valence-electron chi connectivity index (χ3n) is 3.74. The molecule has 23 heavy (non-hydrogen) atoms. The molecule has 0 spiro atoms. The van der Waals surface area contributed by atoms with Crippen molar-refractivity contribution in [1.29, 1.82) is 5.26 Å². The van der Waals surface area contributed by atoms with E-state index in [-0.39, 0.29) is 11.6 Å². The summed E-state index contributed by atoms with van der Waals surface area (Å²) < 4.78 is 13.2. The predicted molar refractivity (Wildman–Crippen MR) is 88.9 cm³/mol. The molecular weight excluding hydrogens is 289 g/mol. The summed E-state index contributed by atoms with van der Waals surface area (Å²) in [6.45, 7) is 1.99. The maximum atomic E-state index is 13.2. The molecule has 3 rings (SSSR count). The average molecular weight is 303 g/mol. The van der Waals surface area contributed by atoms with Crippen LogP contribution in [0.5, 0.6) is 0 Å². The van der Waals surface area contributed by atoms with Gasteiger partial charge in [-0.15, -0.1) is 0 Å². The largest absolute Gasteiger partial charge is 0.383 e. The fourth-order valence-corrected chi connectivity index (χ4v) is 2.54. The molecule has 0 aliphatic rings. The van der Waals surface area contributed by atoms with E-state index in [1.54, 1.807) is 12.1 Å². The molecule has 112 valence electrons. The van der Waals surface area contributed by atoms with Crippen LogP contribution < -0.4 is 5.73 Å². The van der Waals surface area contributed by atoms with Crippen LogP contribution >= 0.6 is 0 Å². The lowest BCUT2D eigenvalue weighted by Crippen LogP contribution is -2.00. The number of aromatic nitrogens is 1. The van der Waals surface area contributed by atoms with Crippen LogP contribution in [0, 0.1) is 24.1 Å². The van der Waals surface area contributed by atoms with Gasteiger partial charge in [0.05, 0.1) is 5.69 Å². The number of nitrogens with two attached hydrogens (primary N) is 1. The zero-order valence-corrected chi connectivity index (χ0v) is 12.5. The van der Waals surface area contributed by atoms with Crippen molar-refractivity contribution in [3.63, 3.8) is 0 Å². The number of nitriles is 1. The number of benzene rings is 2. The predicted octanol–water partition coefficient (Wildman–Crippen LogP) is 4.32. The Morgan fingerprint density at radius 2 is 1.74 bits per heavy atom. The van der Waals surface area contributed by atoms with E-state index < -0.39 is 0 Å². The van der Waals surface area contributed by atoms with Gasteiger partial charge in [-0.25, -0.2) is 9.37 Å². The maximum Gasteiger partial charge on any atom is 0.142 e. The minimum Gasteiger partial charge on any atom is -0.383 e. The molecule has 4 heteroatoms. The van der Waals surface area contributed by atoms with Crippen LogP contribution in [0.15, 0.2) is 54.6 Å². The summed E-state index contributed by atoms with van der Waals surface area (Å²) in [5, 5.41) is 9.39. The number of rotatable bonds is 2. The lowest BCUT2D eigenvalue weighted by atomic mass is 9.97. The van der Waals surface area contributed by atoms with Crippen LogP contribution in [-0.2, 0) is 0 Å². The molecule has 0 aliphatic heterocycles. The van der Waals surface area contributed by atoms with Crippen molar-refractivity contribution in [1.82, 2.24) is 4.98 Å². The molecule has 1 aromatic heterocycles. The van der Waals surface area contributed by atoms with Crippen molar-refractivity contribution in [2.75, 3.05) is 5.73 Å². The standard InChI is InChI=1S/C19H14FN3/c1-12-4-2-3-5-15(12)18-10-16(17(11-21)19(22)23-18)13-6-8-14(20)9-7-13/h2-10H,1H3,(H2,22,23). The molecule has 0 saturated heterocycles. The highest BCUT2D eigenvalue weighted by molar-refractivity contribution is 5.80. The van der Waals surface area contributed by atoms with Gasteiger partial charge in [-0.05, 0) is 36.2 Å². The fourth-order valence-electron chi connectivity index (χ4n) is 2.54. The second-order valence-electron chi connectivity index (χ2n) is 5.25. The molecule has 2 aromatic carbocycles. The summed E-state index contributed by atoms with van der Waals surface area (Å²) in [6.07, 6.45) is 0. The molecule has 2 N–H and O–H groups in total. The van der Waals surface area contributed by atoms with E-state index in [4.69, 9.17) is 5.73 Å². The third-order valence-corrected chi connectivity index (χ3v) is 3.74. The number of hydrogen-bond acceptors (Lipinski definition) is 3. The summed E-state index contributed by atoms with van der Waals surface area (Å²) >= 11 is 0. The summed E-state index contributed by atoms with van der Waals surface area (Å²) in [7, 11) is 0. The smallest absolute Gasteiger partial charge is 0.142 e. The molecule has 3 aromatic rings. The first-order valence-corrected chi connectivity index (χ1v) is 7.12. The van der Waals surface area contributed by atoms with Crippen molar-refractivity contribution in [3.8, 4) is 28.5 Å². The first-order valence-electron chi connectivity index (χ1n) is 7.12. The molecule has 0 unspecified atom stereocenters. The summed E-state index contributed by atoms with van der Waals surface area (Å²) in [5.74, 6) is -0.152. The Bertz CT molecular complexity index is 909. The molecule has 0 aliphatic carbocycles. The van der Waals surface area contributed by atoms with E-state index in [0.29, 0.717) is 16.8 Å². The number of hydrogen-bond donors (Lipinski definition) is 1. The SMILES string of the molecule is Cc1ccccc1-c1cc(-c2ccc(F)cc2)c(C#N)c(N)n1. The minimum absolute atomic E-state index is 0.174. The third kappa shape index (κ3) is 2.77. The first kappa shape index (κ1) is 14.7. The van der Waals surface area contributed by atoms with Crippen LogP contribution in [0.3, 0.4) is 0 Å². The molecule has 0 radical (unpaired) electrons. The van der Waals surface area contributed by atoms with E-state index in [9.17, 15) is 9.65 Å². The van der Waals surface area contributed by atoms with E-state index in [1.165, 1.54) is 12.1 Å². The summed E-state index contributed by atoms with van der Waals surface area (Å²) in [4.78, 5) is 4.36. The second kappa shape index (κ2) is 5.90. The molecule has 1 heterocycles. The molecular formula is C19H14FN3. The number of nitrogen functional groups attached to an aromatic ring is 1. The highest BCUT2D eigenvalue weighted by atomic mass is 19.1. The Hall–Kier alpha value is -3.19. The van der Waals surface area contributed by atoms with Gasteiger partial charge < -0.3 is 5.73 Å². The molecule has 3 nitrogen and oxygen atoms in total. The topological polar surface area (TPSA) is 62.7 Å². The zero-order valence-electron chi connectivity index (χ0n) is 12.5. The van der Waals surface area contributed by atoms with Gasteiger partial charge in [-0.2, -0.15) is 5.26 Å². The van der Waals surface area contributed by atoms with Gasteiger partial charge in [0.25, 0.3) is 0 Å². The average Bonchev–Trinajstić information content (AvgIpc) is 2.55. The lowest BCUT2D eigenvalue weighted by Gasteiger charge is -2.11. The number of pyridine rings is 1. The quantitative estimate of drug-likeness (QED) is 0.767. The molecule has 0 bridgehead atoms. The van der Waals surface area contributed by atoms with Gasteiger partial charge in [0.1, 0.15) is 23.3 Å². The summed E-state index contributed by atoms with van der Waals surface area (Å²) in [6, 6.07) is 17.7. The van der Waals surface area contributed by atoms with Crippen LogP contribution in [0.4, 0.5) is 10.2 Å². The van der Waals surface area contributed by atoms with Crippen molar-refractivity contribution in [2.24, 2.45) is 0 Å². The normalized spacial score (nSPS) is 10.3. The Labute approximate surface area is 133 Å². The van der Waals surface area contributed by atoms with Crippen molar-refractivity contribution in [3.05, 3.63) is 71.5 Å². The molecule has 0 atom stereocenters. The Morgan fingerprint density at radius 1 is 1.04 bits per heavy atom. The number of nitrogens with zero attached hydrogens (tertiary/aromatic N) is 2. The van der Waals surface area contributed by atoms with Crippen LogP contribution in [0.25, 0.3) is 22.4 Å². The first-order chi connectivity index (χ1) is 11.1. The van der Waals surface area contributed by atoms with Crippen LogP contribution in [0.2, 0.25) is 0 Å². The zero-order chi connectivity index (χ0) is 16.4. The Kier molecular flexibility index (Phi) is 3.78. The van der Waals surface area contributed by atoms with Crippen molar-refractivity contribution >= 4 is 5.82 Å². The molecule has 0 saturated carbocycles. The lowest BCUT2D eigenvalue weighted by molar-refractivity contribution is 0.628. The van der Waals surface area contributed by atoms with Crippen LogP contribution in [-0.4, -0.2) is 4.98 Å². The van der Waals surface area contributed by atoms with Crippen molar-refractivity contribution in [2.45, 2.75) is 6.92 Å². The fraction of sp³-hybridized carbons (Fsp3) is 0.0526. The van der Waals surface area contributed by atoms with Gasteiger partial charge in [0.2, 0.25) is 0 Å². The number of anilines is 1. The van der Waals surface area contributed by atoms with E-state index in [0.717, 1.165) is 16.7 Å². The van der Waals surface area contributed by atoms with E-state index in [2.05, 4.69) is 11.1 Å². The van der Waals surface area contributed by atoms with E-state index in [1.807, 2.05) is 37.3 Å². The monoisotopic (exact) mass is 303 g/mol. The van der Waals surface area contributed by atoms with Gasteiger partial charge >= 0.3 is 0 Å². The highest BCUT2D eigenvalue weighted by Crippen LogP contribution is 2.32. The molecule has 0 amide bonds. The Morgan fingerprint density at radius 3 is 2.39 bits per heavy atom. The number of halogens is 1. The summed E-state index contributed by atoms with van der Waals surface area (Å²) in [5.41, 5.74) is 10.4. The molecule has 0 fully saturated rings. The van der Waals surface area contributed by atoms with Gasteiger partial charge in [-0.1, -0.05) is 36.4 Å². The van der Waals surface area contributed by atoms with E-state index >= 15 is 0 Å². The second-order valence-corrected chi connectivity index (χ2v) is 5.25. The Balaban J connectivity index is 2.25. The van der Waals surface area contributed by atoms with Crippen LogP contribution in [0.1, 0.15) is 11.1 Å². The van der Waals surface area contributed by atoms with Gasteiger partial charge in [0.15, 0.2) is 0 Å². The van der Waals surface area contributed by atoms with Crippen molar-refractivity contribution < 1.29 is 4.39 Å². The maximum absolute atomic E-state index is 13.2. The number of aryl methyl sites for hydroxylation is 1. The van der Waals surface area contributed by atoms with Gasteiger partial charge in [-0.3, -0.25) is 0 Å². The minimum atomic E-state index is -0.326. The van der Waals surface area contributed by atoms with Gasteiger partial charge in [0, 0.05) is 11.1 Å². The highest BCUT2D eigenvalue weighted by Gasteiger charge is 2.14.